The highest BCUT2D eigenvalue weighted by Crippen LogP contribution is 2.23. The van der Waals surface area contributed by atoms with Crippen molar-refractivity contribution < 1.29 is 30.5 Å². The van der Waals surface area contributed by atoms with Crippen molar-refractivity contribution in [3.05, 3.63) is 0 Å². The van der Waals surface area contributed by atoms with Gasteiger partial charge < -0.3 is 10.5 Å². The van der Waals surface area contributed by atoms with Gasteiger partial charge in [0.25, 0.3) is 0 Å². The van der Waals surface area contributed by atoms with Crippen LogP contribution in [0.5, 0.6) is 0 Å². The summed E-state index contributed by atoms with van der Waals surface area (Å²) in [4.78, 5) is 0. The molecule has 0 aromatic rings. The minimum Gasteiger partial charge on any atom is -0.372 e. The van der Waals surface area contributed by atoms with Gasteiger partial charge in [0, 0.05) is 6.54 Å². The summed E-state index contributed by atoms with van der Waals surface area (Å²) in [5.74, 6) is 0. The van der Waals surface area contributed by atoms with Crippen molar-refractivity contribution in [2.24, 2.45) is 5.73 Å². The van der Waals surface area contributed by atoms with Gasteiger partial charge in [0.1, 0.15) is 0 Å². The van der Waals surface area contributed by atoms with Crippen LogP contribution in [-0.4, -0.2) is 40.3 Å². The standard InChI is InChI=1S/C3H7NO.C2H3F3O3S/c4-1-3-2-5-3;1-8-9(6,7)2(3,4)5/h3H,1-2,4H2;1H3. The number of rotatable bonds is 2. The number of epoxide rings is 1. The molecule has 0 bridgehead atoms. The van der Waals surface area contributed by atoms with E-state index >= 15 is 0 Å². The monoisotopic (exact) mass is 237 g/mol. The van der Waals surface area contributed by atoms with Crippen molar-refractivity contribution in [2.45, 2.75) is 11.6 Å². The molecule has 0 spiro atoms. The molecule has 1 fully saturated rings. The normalized spacial score (nSPS) is 21.1. The Bertz CT molecular complexity index is 259. The van der Waals surface area contributed by atoms with Crippen LogP contribution in [0, 0.1) is 0 Å². The fraction of sp³-hybridized carbons (Fsp3) is 1.00. The molecule has 14 heavy (non-hydrogen) atoms. The van der Waals surface area contributed by atoms with Crippen molar-refractivity contribution in [1.29, 1.82) is 0 Å². The van der Waals surface area contributed by atoms with Gasteiger partial charge in [-0.15, -0.1) is 0 Å². The SMILES string of the molecule is COS(=O)(=O)C(F)(F)F.NCC1CO1. The molecular weight excluding hydrogens is 227 g/mol. The molecule has 5 nitrogen and oxygen atoms in total. The molecule has 86 valence electrons. The Balaban J connectivity index is 0.000000280. The molecule has 1 heterocycles. The highest BCUT2D eigenvalue weighted by Gasteiger charge is 2.46. The van der Waals surface area contributed by atoms with E-state index in [4.69, 9.17) is 10.5 Å². The second kappa shape index (κ2) is 4.91. The minimum absolute atomic E-state index is 0.412. The molecule has 0 saturated carbocycles. The third-order valence-corrected chi connectivity index (χ3v) is 2.17. The van der Waals surface area contributed by atoms with Crippen molar-refractivity contribution in [3.8, 4) is 0 Å². The number of ether oxygens (including phenoxy) is 1. The van der Waals surface area contributed by atoms with E-state index in [1.54, 1.807) is 0 Å². The van der Waals surface area contributed by atoms with Crippen LogP contribution < -0.4 is 5.73 Å². The quantitative estimate of drug-likeness (QED) is 0.409. The number of halogens is 3. The smallest absolute Gasteiger partial charge is 0.372 e. The van der Waals surface area contributed by atoms with E-state index in [0.717, 1.165) is 6.61 Å². The molecular formula is C5H10F3NO4S. The number of hydrogen-bond acceptors (Lipinski definition) is 5. The topological polar surface area (TPSA) is 81.9 Å². The highest BCUT2D eigenvalue weighted by atomic mass is 32.2. The molecule has 9 heteroatoms. The summed E-state index contributed by atoms with van der Waals surface area (Å²) in [7, 11) is -4.89. The van der Waals surface area contributed by atoms with Gasteiger partial charge in [0.15, 0.2) is 0 Å². The molecule has 0 radical (unpaired) electrons. The Morgan fingerprint density at radius 1 is 1.57 bits per heavy atom. The maximum atomic E-state index is 11.1. The molecule has 1 unspecified atom stereocenters. The number of hydrogen-bond donors (Lipinski definition) is 1. The summed E-state index contributed by atoms with van der Waals surface area (Å²) >= 11 is 0. The molecule has 0 aromatic heterocycles. The lowest BCUT2D eigenvalue weighted by Crippen LogP contribution is -2.23. The van der Waals surface area contributed by atoms with E-state index in [0.29, 0.717) is 19.8 Å². The molecule has 1 atom stereocenters. The first kappa shape index (κ1) is 13.6. The minimum atomic E-state index is -5.34. The van der Waals surface area contributed by atoms with Crippen LogP contribution in [0.3, 0.4) is 0 Å². The predicted octanol–water partition coefficient (Wildman–Crippen LogP) is -0.174. The summed E-state index contributed by atoms with van der Waals surface area (Å²) in [6.45, 7) is 1.58. The Hall–Kier alpha value is -0.380. The average Bonchev–Trinajstić information content (AvgIpc) is 2.86. The van der Waals surface area contributed by atoms with Crippen molar-refractivity contribution in [1.82, 2.24) is 0 Å². The summed E-state index contributed by atoms with van der Waals surface area (Å²) in [5, 5.41) is 0. The molecule has 1 aliphatic heterocycles. The molecule has 0 amide bonds. The first-order valence-electron chi connectivity index (χ1n) is 3.43. The lowest BCUT2D eigenvalue weighted by Gasteiger charge is -2.02. The zero-order valence-corrected chi connectivity index (χ0v) is 8.06. The van der Waals surface area contributed by atoms with Crippen LogP contribution in [0.2, 0.25) is 0 Å². The third kappa shape index (κ3) is 4.74. The van der Waals surface area contributed by atoms with Crippen molar-refractivity contribution in [2.75, 3.05) is 20.3 Å². The van der Waals surface area contributed by atoms with E-state index in [-0.39, 0.29) is 0 Å². The molecule has 0 aromatic carbocycles. The Morgan fingerprint density at radius 3 is 2.00 bits per heavy atom. The Kier molecular flexibility index (Phi) is 4.78. The van der Waals surface area contributed by atoms with Gasteiger partial charge in [-0.25, -0.2) is 0 Å². The lowest BCUT2D eigenvalue weighted by atomic mass is 10.5. The van der Waals surface area contributed by atoms with E-state index in [9.17, 15) is 21.6 Å². The zero-order valence-electron chi connectivity index (χ0n) is 7.24. The molecule has 0 aliphatic carbocycles. The average molecular weight is 237 g/mol. The number of alkyl halides is 3. The van der Waals surface area contributed by atoms with E-state index in [1.165, 1.54) is 0 Å². The maximum Gasteiger partial charge on any atom is 0.523 e. The van der Waals surface area contributed by atoms with Gasteiger partial charge in [0.05, 0.1) is 19.8 Å². The van der Waals surface area contributed by atoms with Crippen molar-refractivity contribution >= 4 is 10.1 Å². The van der Waals surface area contributed by atoms with Crippen LogP contribution in [0.15, 0.2) is 0 Å². The fourth-order valence-corrected chi connectivity index (χ4v) is 0.488. The first-order chi connectivity index (χ1) is 6.24. The van der Waals surface area contributed by atoms with Gasteiger partial charge in [-0.2, -0.15) is 21.6 Å². The molecule has 1 aliphatic rings. The van der Waals surface area contributed by atoms with Crippen LogP contribution in [0.1, 0.15) is 0 Å². The van der Waals surface area contributed by atoms with Gasteiger partial charge in [-0.3, -0.25) is 4.18 Å². The summed E-state index contributed by atoms with van der Waals surface area (Å²) in [6.07, 6.45) is 0.412. The van der Waals surface area contributed by atoms with E-state index in [2.05, 4.69) is 4.18 Å². The van der Waals surface area contributed by atoms with Gasteiger partial charge >= 0.3 is 15.6 Å². The van der Waals surface area contributed by atoms with Crippen LogP contribution in [-0.2, 0) is 19.0 Å². The van der Waals surface area contributed by atoms with Crippen LogP contribution in [0.4, 0.5) is 13.2 Å². The molecule has 1 rings (SSSR count). The van der Waals surface area contributed by atoms with Gasteiger partial charge in [-0.1, -0.05) is 0 Å². The summed E-state index contributed by atoms with van der Waals surface area (Å²) in [6, 6.07) is 0. The maximum absolute atomic E-state index is 11.1. The highest BCUT2D eigenvalue weighted by molar-refractivity contribution is 7.87. The fourth-order valence-electron chi connectivity index (χ4n) is 0.299. The Labute approximate surface area is 79.1 Å². The largest absolute Gasteiger partial charge is 0.523 e. The van der Waals surface area contributed by atoms with Gasteiger partial charge in [-0.05, 0) is 0 Å². The van der Waals surface area contributed by atoms with E-state index < -0.39 is 15.6 Å². The number of nitrogens with two attached hydrogens (primary N) is 1. The Morgan fingerprint density at radius 2 is 2.00 bits per heavy atom. The zero-order chi connectivity index (χ0) is 11.4. The molecule has 1 saturated heterocycles. The third-order valence-electron chi connectivity index (χ3n) is 1.17. The summed E-state index contributed by atoms with van der Waals surface area (Å²) < 4.78 is 60.6. The summed E-state index contributed by atoms with van der Waals surface area (Å²) in [5.41, 5.74) is -0.195. The molecule has 2 N–H and O–H groups in total. The second-order valence-electron chi connectivity index (χ2n) is 2.26. The van der Waals surface area contributed by atoms with E-state index in [1.807, 2.05) is 0 Å². The van der Waals surface area contributed by atoms with Gasteiger partial charge in [0.2, 0.25) is 0 Å². The predicted molar refractivity (Wildman–Crippen MR) is 40.8 cm³/mol. The van der Waals surface area contributed by atoms with Crippen LogP contribution >= 0.6 is 0 Å². The second-order valence-corrected chi connectivity index (χ2v) is 3.96. The van der Waals surface area contributed by atoms with Crippen LogP contribution in [0.25, 0.3) is 0 Å². The van der Waals surface area contributed by atoms with Crippen molar-refractivity contribution in [3.63, 3.8) is 0 Å². The first-order valence-corrected chi connectivity index (χ1v) is 4.84. The lowest BCUT2D eigenvalue weighted by molar-refractivity contribution is -0.0526.